The molecule has 2 aromatic rings. The fourth-order valence-electron chi connectivity index (χ4n) is 2.32. The number of halogens is 1. The summed E-state index contributed by atoms with van der Waals surface area (Å²) in [5, 5.41) is 0.150. The van der Waals surface area contributed by atoms with Crippen molar-refractivity contribution in [1.82, 2.24) is 19.9 Å². The lowest BCUT2D eigenvalue weighted by Gasteiger charge is -2.33. The second-order valence-electron chi connectivity index (χ2n) is 5.08. The van der Waals surface area contributed by atoms with Crippen LogP contribution in [0.5, 0.6) is 0 Å². The molecule has 0 aromatic carbocycles. The lowest BCUT2D eigenvalue weighted by molar-refractivity contribution is 0.312. The highest BCUT2D eigenvalue weighted by molar-refractivity contribution is 6.32. The van der Waals surface area contributed by atoms with Gasteiger partial charge in [0.25, 0.3) is 5.56 Å². The Bertz CT molecular complexity index is 681. The Morgan fingerprint density at radius 2 is 1.74 bits per heavy atom. The molecule has 1 N–H and O–H groups in total. The summed E-state index contributed by atoms with van der Waals surface area (Å²) in [5.74, 6) is 1.07. The van der Waals surface area contributed by atoms with Crippen LogP contribution in [0, 0.1) is 0 Å². The van der Waals surface area contributed by atoms with Crippen LogP contribution in [0.2, 0.25) is 5.02 Å². The van der Waals surface area contributed by atoms with Crippen LogP contribution in [0.4, 0.5) is 5.82 Å². The lowest BCUT2D eigenvalue weighted by atomic mass is 10.2. The fraction of sp³-hybridized carbons (Fsp3) is 0.438. The van der Waals surface area contributed by atoms with Crippen molar-refractivity contribution in [2.24, 2.45) is 0 Å². The van der Waals surface area contributed by atoms with E-state index >= 15 is 0 Å². The molecule has 3 rings (SSSR count). The number of piperazine rings is 1. The number of anilines is 1. The first kappa shape index (κ1) is 17.4. The molecule has 0 radical (unpaired) electrons. The summed E-state index contributed by atoms with van der Waals surface area (Å²) >= 11 is 6.15. The van der Waals surface area contributed by atoms with Gasteiger partial charge >= 0.3 is 0 Å². The molecule has 1 aliphatic rings. The van der Waals surface area contributed by atoms with Crippen LogP contribution in [0.1, 0.15) is 13.8 Å². The van der Waals surface area contributed by atoms with Gasteiger partial charge < -0.3 is 14.8 Å². The van der Waals surface area contributed by atoms with E-state index in [9.17, 15) is 4.79 Å². The second-order valence-corrected chi connectivity index (χ2v) is 5.46. The van der Waals surface area contributed by atoms with Crippen molar-refractivity contribution in [2.45, 2.75) is 13.8 Å². The van der Waals surface area contributed by atoms with Gasteiger partial charge in [0.1, 0.15) is 10.8 Å². The Morgan fingerprint density at radius 3 is 2.35 bits per heavy atom. The summed E-state index contributed by atoms with van der Waals surface area (Å²) < 4.78 is 0. The molecule has 0 bridgehead atoms. The van der Waals surface area contributed by atoms with E-state index in [0.717, 1.165) is 31.7 Å². The maximum atomic E-state index is 12.1. The first-order valence-electron chi connectivity index (χ1n) is 7.79. The third kappa shape index (κ3) is 4.09. The van der Waals surface area contributed by atoms with E-state index in [4.69, 9.17) is 11.6 Å². The summed E-state index contributed by atoms with van der Waals surface area (Å²) in [6.07, 6.45) is 3.33. The van der Waals surface area contributed by atoms with E-state index in [1.54, 1.807) is 24.5 Å². The van der Waals surface area contributed by atoms with Crippen molar-refractivity contribution < 1.29 is 0 Å². The average Bonchev–Trinajstić information content (AvgIpc) is 2.61. The Labute approximate surface area is 141 Å². The van der Waals surface area contributed by atoms with Crippen molar-refractivity contribution in [3.8, 4) is 11.4 Å². The summed E-state index contributed by atoms with van der Waals surface area (Å²) in [4.78, 5) is 27.6. The lowest BCUT2D eigenvalue weighted by Crippen LogP contribution is -2.45. The summed E-state index contributed by atoms with van der Waals surface area (Å²) in [6.45, 7) is 7.47. The van der Waals surface area contributed by atoms with Gasteiger partial charge in [0.05, 0.1) is 0 Å². The fourth-order valence-corrected chi connectivity index (χ4v) is 2.53. The second kappa shape index (κ2) is 8.08. The Hall–Kier alpha value is -1.92. The SMILES string of the molecule is CC.CN1CCN(c2nc(-c3ccncc3)[nH]c(=O)c2Cl)CC1. The summed E-state index contributed by atoms with van der Waals surface area (Å²) in [7, 11) is 2.08. The van der Waals surface area contributed by atoms with Gasteiger partial charge in [0.2, 0.25) is 0 Å². The molecule has 0 spiro atoms. The molecular formula is C16H22ClN5O. The predicted molar refractivity (Wildman–Crippen MR) is 94.2 cm³/mol. The van der Waals surface area contributed by atoms with Crippen LogP contribution in [-0.2, 0) is 0 Å². The molecule has 7 heteroatoms. The highest BCUT2D eigenvalue weighted by atomic mass is 35.5. The number of aromatic amines is 1. The number of nitrogens with zero attached hydrogens (tertiary/aromatic N) is 4. The molecule has 0 atom stereocenters. The van der Waals surface area contributed by atoms with Crippen LogP contribution in [0.3, 0.4) is 0 Å². The monoisotopic (exact) mass is 335 g/mol. The average molecular weight is 336 g/mol. The van der Waals surface area contributed by atoms with Crippen LogP contribution in [0.15, 0.2) is 29.3 Å². The zero-order valence-corrected chi connectivity index (χ0v) is 14.5. The molecule has 0 amide bonds. The first-order chi connectivity index (χ1) is 11.1. The highest BCUT2D eigenvalue weighted by Gasteiger charge is 2.20. The zero-order chi connectivity index (χ0) is 16.8. The molecule has 6 nitrogen and oxygen atoms in total. The van der Waals surface area contributed by atoms with E-state index < -0.39 is 0 Å². The molecule has 0 saturated carbocycles. The van der Waals surface area contributed by atoms with Crippen LogP contribution < -0.4 is 10.5 Å². The van der Waals surface area contributed by atoms with Crippen molar-refractivity contribution >= 4 is 17.4 Å². The molecule has 1 fully saturated rings. The quantitative estimate of drug-likeness (QED) is 0.912. The summed E-state index contributed by atoms with van der Waals surface area (Å²) in [5.41, 5.74) is 0.501. The van der Waals surface area contributed by atoms with Gasteiger partial charge in [0.15, 0.2) is 5.82 Å². The number of hydrogen-bond donors (Lipinski definition) is 1. The molecular weight excluding hydrogens is 314 g/mol. The topological polar surface area (TPSA) is 65.1 Å². The van der Waals surface area contributed by atoms with Gasteiger partial charge in [0, 0.05) is 44.1 Å². The van der Waals surface area contributed by atoms with Crippen LogP contribution in [0.25, 0.3) is 11.4 Å². The molecule has 23 heavy (non-hydrogen) atoms. The van der Waals surface area contributed by atoms with Crippen molar-refractivity contribution in [3.63, 3.8) is 0 Å². The molecule has 124 valence electrons. The molecule has 0 unspecified atom stereocenters. The molecule has 1 aliphatic heterocycles. The first-order valence-corrected chi connectivity index (χ1v) is 8.16. The van der Waals surface area contributed by atoms with E-state index in [2.05, 4.69) is 31.8 Å². The van der Waals surface area contributed by atoms with Gasteiger partial charge in [-0.05, 0) is 19.2 Å². The zero-order valence-electron chi connectivity index (χ0n) is 13.7. The van der Waals surface area contributed by atoms with Gasteiger partial charge in [-0.25, -0.2) is 4.98 Å². The van der Waals surface area contributed by atoms with Gasteiger partial charge in [-0.15, -0.1) is 0 Å². The Kier molecular flexibility index (Phi) is 6.12. The van der Waals surface area contributed by atoms with Crippen molar-refractivity contribution in [2.75, 3.05) is 38.1 Å². The largest absolute Gasteiger partial charge is 0.353 e. The van der Waals surface area contributed by atoms with E-state index in [1.807, 2.05) is 13.8 Å². The van der Waals surface area contributed by atoms with Gasteiger partial charge in [-0.2, -0.15) is 0 Å². The highest BCUT2D eigenvalue weighted by Crippen LogP contribution is 2.23. The number of H-pyrrole nitrogens is 1. The molecule has 1 saturated heterocycles. The van der Waals surface area contributed by atoms with Gasteiger partial charge in [-0.1, -0.05) is 25.4 Å². The number of pyridine rings is 1. The Morgan fingerprint density at radius 1 is 1.13 bits per heavy atom. The predicted octanol–water partition coefficient (Wildman–Crippen LogP) is 2.26. The Balaban J connectivity index is 0.000000924. The number of hydrogen-bond acceptors (Lipinski definition) is 5. The van der Waals surface area contributed by atoms with Crippen LogP contribution in [-0.4, -0.2) is 53.1 Å². The normalized spacial score (nSPS) is 15.0. The van der Waals surface area contributed by atoms with E-state index in [1.165, 1.54) is 0 Å². The molecule has 0 aliphatic carbocycles. The maximum Gasteiger partial charge on any atom is 0.272 e. The van der Waals surface area contributed by atoms with Crippen molar-refractivity contribution in [3.05, 3.63) is 39.9 Å². The minimum absolute atomic E-state index is 0.150. The smallest absolute Gasteiger partial charge is 0.272 e. The summed E-state index contributed by atoms with van der Waals surface area (Å²) in [6, 6.07) is 3.61. The third-order valence-corrected chi connectivity index (χ3v) is 3.94. The minimum Gasteiger partial charge on any atom is -0.353 e. The standard InChI is InChI=1S/C14H16ClN5O.C2H6/c1-19-6-8-20(9-7-19)13-11(15)14(21)18-12(17-13)10-2-4-16-5-3-10;1-2/h2-5H,6-9H2,1H3,(H,17,18,21);1-2H3. The maximum absolute atomic E-state index is 12.1. The van der Waals surface area contributed by atoms with Crippen LogP contribution >= 0.6 is 11.6 Å². The number of nitrogens with one attached hydrogen (secondary N) is 1. The number of rotatable bonds is 2. The molecule has 3 heterocycles. The third-order valence-electron chi connectivity index (χ3n) is 3.60. The molecule has 2 aromatic heterocycles. The van der Waals surface area contributed by atoms with E-state index in [-0.39, 0.29) is 10.6 Å². The van der Waals surface area contributed by atoms with Crippen molar-refractivity contribution in [1.29, 1.82) is 0 Å². The van der Waals surface area contributed by atoms with E-state index in [0.29, 0.717) is 11.6 Å². The minimum atomic E-state index is -0.313. The van der Waals surface area contributed by atoms with Gasteiger partial charge in [-0.3, -0.25) is 9.78 Å². The number of likely N-dealkylation sites (N-methyl/N-ethyl adjacent to an activating group) is 1. The number of aromatic nitrogens is 3.